The van der Waals surface area contributed by atoms with Gasteiger partial charge in [-0.3, -0.25) is 4.79 Å². The van der Waals surface area contributed by atoms with Crippen LogP contribution in [0.25, 0.3) is 0 Å². The van der Waals surface area contributed by atoms with Crippen molar-refractivity contribution in [2.75, 3.05) is 12.4 Å². The van der Waals surface area contributed by atoms with Crippen molar-refractivity contribution < 1.29 is 14.3 Å². The zero-order chi connectivity index (χ0) is 15.7. The molecule has 5 nitrogen and oxygen atoms in total. The number of benzene rings is 1. The first-order chi connectivity index (χ1) is 10.6. The van der Waals surface area contributed by atoms with E-state index >= 15 is 0 Å². The van der Waals surface area contributed by atoms with E-state index in [4.69, 9.17) is 10.5 Å². The van der Waals surface area contributed by atoms with Crippen LogP contribution in [0.3, 0.4) is 0 Å². The van der Waals surface area contributed by atoms with Crippen LogP contribution in [0.5, 0.6) is 0 Å². The second kappa shape index (κ2) is 6.12. The fourth-order valence-electron chi connectivity index (χ4n) is 2.20. The molecule has 1 amide bonds. The van der Waals surface area contributed by atoms with Crippen LogP contribution in [0.15, 0.2) is 40.6 Å². The third kappa shape index (κ3) is 2.75. The van der Waals surface area contributed by atoms with Crippen LogP contribution in [-0.2, 0) is 9.53 Å². The minimum absolute atomic E-state index is 0.226. The molecule has 114 valence electrons. The van der Waals surface area contributed by atoms with Gasteiger partial charge in [-0.1, -0.05) is 12.1 Å². The molecule has 0 spiro atoms. The maximum absolute atomic E-state index is 12.2. The number of carbonyl (C=O) groups excluding carboxylic acids is 2. The maximum atomic E-state index is 12.2. The van der Waals surface area contributed by atoms with Crippen molar-refractivity contribution in [3.63, 3.8) is 0 Å². The maximum Gasteiger partial charge on any atom is 0.338 e. The molecule has 0 saturated heterocycles. The van der Waals surface area contributed by atoms with E-state index in [9.17, 15) is 9.59 Å². The molecule has 3 rings (SSSR count). The molecule has 0 fully saturated rings. The largest absolute Gasteiger partial charge is 0.465 e. The van der Waals surface area contributed by atoms with Crippen LogP contribution >= 0.6 is 23.1 Å². The Morgan fingerprint density at radius 2 is 2.14 bits per heavy atom. The second-order valence-electron chi connectivity index (χ2n) is 4.78. The number of methoxy groups -OCH3 is 1. The molecule has 0 unspecified atom stereocenters. The predicted octanol–water partition coefficient (Wildman–Crippen LogP) is 2.65. The van der Waals surface area contributed by atoms with Crippen LogP contribution in [0.1, 0.15) is 20.5 Å². The van der Waals surface area contributed by atoms with Crippen molar-refractivity contribution in [3.8, 4) is 0 Å². The fourth-order valence-corrected chi connectivity index (χ4v) is 4.54. The number of thiophene rings is 1. The number of rotatable bonds is 2. The van der Waals surface area contributed by atoms with Gasteiger partial charge in [0.1, 0.15) is 6.04 Å². The summed E-state index contributed by atoms with van der Waals surface area (Å²) >= 11 is 2.93. The Hall–Kier alpha value is -1.83. The number of esters is 1. The van der Waals surface area contributed by atoms with Gasteiger partial charge in [0.15, 0.2) is 0 Å². The molecular weight excluding hydrogens is 320 g/mol. The van der Waals surface area contributed by atoms with Gasteiger partial charge in [-0.2, -0.15) is 0 Å². The molecule has 0 radical (unpaired) electrons. The zero-order valence-electron chi connectivity index (χ0n) is 11.7. The molecule has 2 aromatic rings. The molecule has 22 heavy (non-hydrogen) atoms. The lowest BCUT2D eigenvalue weighted by molar-refractivity contribution is -0.117. The van der Waals surface area contributed by atoms with Gasteiger partial charge in [0, 0.05) is 15.2 Å². The van der Waals surface area contributed by atoms with Gasteiger partial charge in [-0.15, -0.1) is 23.1 Å². The van der Waals surface area contributed by atoms with Gasteiger partial charge in [0.05, 0.1) is 23.6 Å². The summed E-state index contributed by atoms with van der Waals surface area (Å²) in [5.41, 5.74) is 7.35. The Morgan fingerprint density at radius 3 is 2.91 bits per heavy atom. The number of ether oxygens (including phenoxy) is 1. The predicted molar refractivity (Wildman–Crippen MR) is 87.3 cm³/mol. The minimum Gasteiger partial charge on any atom is -0.465 e. The fraction of sp³-hybridized carbons (Fsp3) is 0.200. The van der Waals surface area contributed by atoms with Crippen LogP contribution < -0.4 is 11.1 Å². The normalized spacial score (nSPS) is 20.7. The van der Waals surface area contributed by atoms with Crippen LogP contribution in [0.2, 0.25) is 0 Å². The molecular formula is C15H14N2O3S2. The molecule has 1 aliphatic rings. The van der Waals surface area contributed by atoms with Gasteiger partial charge in [-0.25, -0.2) is 4.79 Å². The number of thioether (sulfide) groups is 1. The third-order valence-corrected chi connectivity index (χ3v) is 5.92. The van der Waals surface area contributed by atoms with Crippen LogP contribution in [-0.4, -0.2) is 25.0 Å². The van der Waals surface area contributed by atoms with Crippen LogP contribution in [0.4, 0.5) is 5.69 Å². The second-order valence-corrected chi connectivity index (χ2v) is 6.91. The Balaban J connectivity index is 1.96. The van der Waals surface area contributed by atoms with E-state index in [0.717, 1.165) is 15.5 Å². The van der Waals surface area contributed by atoms with Gasteiger partial charge >= 0.3 is 5.97 Å². The average molecular weight is 334 g/mol. The van der Waals surface area contributed by atoms with Gasteiger partial charge in [0.2, 0.25) is 5.91 Å². The summed E-state index contributed by atoms with van der Waals surface area (Å²) in [7, 11) is 1.34. The van der Waals surface area contributed by atoms with E-state index in [0.29, 0.717) is 5.56 Å². The molecule has 1 aliphatic heterocycles. The van der Waals surface area contributed by atoms with Crippen LogP contribution in [0, 0.1) is 0 Å². The monoisotopic (exact) mass is 334 g/mol. The highest BCUT2D eigenvalue weighted by Crippen LogP contribution is 2.44. The number of amides is 1. The lowest BCUT2D eigenvalue weighted by atomic mass is 10.1. The molecule has 3 N–H and O–H groups in total. The number of hydrogen-bond donors (Lipinski definition) is 2. The molecule has 1 aromatic carbocycles. The highest BCUT2D eigenvalue weighted by molar-refractivity contribution is 8.00. The SMILES string of the molecule is COC(=O)c1csc([C@H]2Sc3ccccc3NC(=O)[C@H]2N)c1. The Kier molecular flexibility index (Phi) is 4.19. The van der Waals surface area contributed by atoms with E-state index in [1.54, 1.807) is 11.4 Å². The van der Waals surface area contributed by atoms with E-state index in [1.807, 2.05) is 24.3 Å². The van der Waals surface area contributed by atoms with Gasteiger partial charge in [-0.05, 0) is 18.2 Å². The van der Waals surface area contributed by atoms with Crippen molar-refractivity contribution in [2.45, 2.75) is 16.2 Å². The zero-order valence-corrected chi connectivity index (χ0v) is 13.4. The molecule has 2 heterocycles. The first-order valence-corrected chi connectivity index (χ1v) is 8.35. The van der Waals surface area contributed by atoms with E-state index in [-0.39, 0.29) is 17.1 Å². The highest BCUT2D eigenvalue weighted by Gasteiger charge is 2.32. The summed E-state index contributed by atoms with van der Waals surface area (Å²) in [6.45, 7) is 0. The summed E-state index contributed by atoms with van der Waals surface area (Å²) in [6.07, 6.45) is 0. The molecule has 0 aliphatic carbocycles. The van der Waals surface area contributed by atoms with Crippen molar-refractivity contribution in [2.24, 2.45) is 5.73 Å². The third-order valence-electron chi connectivity index (χ3n) is 3.35. The molecule has 0 saturated carbocycles. The van der Waals surface area contributed by atoms with Gasteiger partial charge in [0.25, 0.3) is 0 Å². The number of fused-ring (bicyclic) bond motifs is 1. The summed E-state index contributed by atoms with van der Waals surface area (Å²) < 4.78 is 4.72. The van der Waals surface area contributed by atoms with Crippen molar-refractivity contribution in [1.29, 1.82) is 0 Å². The van der Waals surface area contributed by atoms with E-state index in [2.05, 4.69) is 5.32 Å². The quantitative estimate of drug-likeness (QED) is 0.825. The van der Waals surface area contributed by atoms with Gasteiger partial charge < -0.3 is 15.8 Å². The number of nitrogens with two attached hydrogens (primary N) is 1. The minimum atomic E-state index is -0.693. The molecule has 1 aromatic heterocycles. The van der Waals surface area contributed by atoms with Crippen molar-refractivity contribution >= 4 is 40.7 Å². The van der Waals surface area contributed by atoms with E-state index < -0.39 is 6.04 Å². The number of carbonyl (C=O) groups is 2. The summed E-state index contributed by atoms with van der Waals surface area (Å²) in [5.74, 6) is -0.616. The lowest BCUT2D eigenvalue weighted by Gasteiger charge is -2.17. The topological polar surface area (TPSA) is 81.4 Å². The average Bonchev–Trinajstić information content (AvgIpc) is 2.97. The first kappa shape index (κ1) is 15.1. The summed E-state index contributed by atoms with van der Waals surface area (Å²) in [4.78, 5) is 25.6. The Bertz CT molecular complexity index is 729. The van der Waals surface area contributed by atoms with Crippen molar-refractivity contribution in [1.82, 2.24) is 0 Å². The standard InChI is InChI=1S/C15H14N2O3S2/c1-20-15(19)8-6-11(21-7-8)13-12(16)14(18)17-9-4-2-3-5-10(9)22-13/h2-7,12-13H,16H2,1H3,(H,17,18)/t12-,13+/m0/s1. The first-order valence-electron chi connectivity index (χ1n) is 6.59. The number of anilines is 1. The number of nitrogens with one attached hydrogen (secondary N) is 1. The smallest absolute Gasteiger partial charge is 0.338 e. The van der Waals surface area contributed by atoms with Crippen molar-refractivity contribution in [3.05, 3.63) is 46.2 Å². The Labute approximate surface area is 135 Å². The van der Waals surface area contributed by atoms with E-state index in [1.165, 1.54) is 30.2 Å². The number of hydrogen-bond acceptors (Lipinski definition) is 6. The summed E-state index contributed by atoms with van der Waals surface area (Å²) in [6, 6.07) is 8.63. The molecule has 0 bridgehead atoms. The highest BCUT2D eigenvalue weighted by atomic mass is 32.2. The molecule has 7 heteroatoms. The lowest BCUT2D eigenvalue weighted by Crippen LogP contribution is -2.38. The Morgan fingerprint density at radius 1 is 1.36 bits per heavy atom. The molecule has 2 atom stereocenters. The summed E-state index contributed by atoms with van der Waals surface area (Å²) in [5, 5.41) is 4.32. The number of para-hydroxylation sites is 1.